The SMILES string of the molecule is O=C(CSc1ccc(/C=N/NC(=O)c2ccco2)o1)Nc1ccccc1. The molecule has 2 aromatic heterocycles. The van der Waals surface area contributed by atoms with Crippen molar-refractivity contribution in [2.45, 2.75) is 5.09 Å². The zero-order chi connectivity index (χ0) is 18.2. The van der Waals surface area contributed by atoms with Crippen molar-refractivity contribution >= 4 is 35.5 Å². The van der Waals surface area contributed by atoms with Crippen LogP contribution < -0.4 is 10.7 Å². The Morgan fingerprint density at radius 2 is 1.92 bits per heavy atom. The number of carbonyl (C=O) groups is 2. The van der Waals surface area contributed by atoms with Gasteiger partial charge in [-0.1, -0.05) is 30.0 Å². The lowest BCUT2D eigenvalue weighted by molar-refractivity contribution is -0.113. The molecule has 2 heterocycles. The van der Waals surface area contributed by atoms with Crippen LogP contribution in [0.15, 0.2) is 79.9 Å². The van der Waals surface area contributed by atoms with Crippen molar-refractivity contribution in [1.82, 2.24) is 5.43 Å². The number of hydrogen-bond acceptors (Lipinski definition) is 6. The fourth-order valence-corrected chi connectivity index (χ4v) is 2.62. The molecule has 0 saturated heterocycles. The van der Waals surface area contributed by atoms with E-state index in [4.69, 9.17) is 8.83 Å². The first kappa shape index (κ1) is 17.6. The zero-order valence-corrected chi connectivity index (χ0v) is 14.4. The smallest absolute Gasteiger partial charge is 0.307 e. The van der Waals surface area contributed by atoms with Crippen LogP contribution in [0.2, 0.25) is 0 Å². The summed E-state index contributed by atoms with van der Waals surface area (Å²) in [5.41, 5.74) is 3.07. The first-order chi connectivity index (χ1) is 12.7. The highest BCUT2D eigenvalue weighted by Gasteiger charge is 2.08. The van der Waals surface area contributed by atoms with Crippen LogP contribution in [-0.2, 0) is 4.79 Å². The molecule has 2 amide bonds. The predicted octanol–water partition coefficient (Wildman–Crippen LogP) is 3.37. The highest BCUT2D eigenvalue weighted by molar-refractivity contribution is 7.99. The van der Waals surface area contributed by atoms with Gasteiger partial charge in [0.05, 0.1) is 18.2 Å². The van der Waals surface area contributed by atoms with Crippen molar-refractivity contribution in [2.75, 3.05) is 11.1 Å². The maximum Gasteiger partial charge on any atom is 0.307 e. The molecule has 0 bridgehead atoms. The Hall–Kier alpha value is -3.26. The summed E-state index contributed by atoms with van der Waals surface area (Å²) in [6.45, 7) is 0. The predicted molar refractivity (Wildman–Crippen MR) is 98.3 cm³/mol. The van der Waals surface area contributed by atoms with Gasteiger partial charge in [0.25, 0.3) is 0 Å². The normalized spacial score (nSPS) is 10.8. The summed E-state index contributed by atoms with van der Waals surface area (Å²) in [4.78, 5) is 23.5. The average molecular weight is 369 g/mol. The van der Waals surface area contributed by atoms with Crippen molar-refractivity contribution in [3.8, 4) is 0 Å². The number of nitrogens with one attached hydrogen (secondary N) is 2. The Labute approximate surface area is 153 Å². The second-order valence-electron chi connectivity index (χ2n) is 5.04. The topological polar surface area (TPSA) is 96.8 Å². The van der Waals surface area contributed by atoms with Gasteiger partial charge in [0.1, 0.15) is 5.76 Å². The van der Waals surface area contributed by atoms with E-state index in [-0.39, 0.29) is 17.4 Å². The van der Waals surface area contributed by atoms with Crippen LogP contribution in [0, 0.1) is 0 Å². The molecule has 26 heavy (non-hydrogen) atoms. The van der Waals surface area contributed by atoms with E-state index in [1.165, 1.54) is 30.3 Å². The quantitative estimate of drug-likeness (QED) is 0.378. The molecule has 0 aliphatic heterocycles. The van der Waals surface area contributed by atoms with Gasteiger partial charge in [-0.05, 0) is 36.4 Å². The molecule has 7 nitrogen and oxygen atoms in total. The van der Waals surface area contributed by atoms with E-state index in [2.05, 4.69) is 15.8 Å². The number of benzene rings is 1. The lowest BCUT2D eigenvalue weighted by Crippen LogP contribution is -2.16. The molecule has 0 aliphatic rings. The molecule has 0 atom stereocenters. The van der Waals surface area contributed by atoms with E-state index in [0.29, 0.717) is 10.9 Å². The van der Waals surface area contributed by atoms with Gasteiger partial charge in [-0.15, -0.1) is 0 Å². The Balaban J connectivity index is 1.45. The van der Waals surface area contributed by atoms with Crippen LogP contribution in [0.5, 0.6) is 0 Å². The highest BCUT2D eigenvalue weighted by atomic mass is 32.2. The standard InChI is InChI=1S/C18H15N3O4S/c22-16(20-13-5-2-1-3-6-13)12-26-17-9-8-14(25-17)11-19-21-18(23)15-7-4-10-24-15/h1-11H,12H2,(H,20,22)(H,21,23)/b19-11+. The summed E-state index contributed by atoms with van der Waals surface area (Å²) in [6.07, 6.45) is 2.78. The fraction of sp³-hybridized carbons (Fsp3) is 0.0556. The van der Waals surface area contributed by atoms with Crippen molar-refractivity contribution in [3.05, 3.63) is 72.4 Å². The van der Waals surface area contributed by atoms with Gasteiger partial charge < -0.3 is 14.2 Å². The number of nitrogens with zero attached hydrogens (tertiary/aromatic N) is 1. The average Bonchev–Trinajstić information content (AvgIpc) is 3.33. The van der Waals surface area contributed by atoms with Gasteiger partial charge in [0.2, 0.25) is 5.91 Å². The molecule has 0 spiro atoms. The molecular formula is C18H15N3O4S. The number of hydrazone groups is 1. The number of hydrogen-bond donors (Lipinski definition) is 2. The van der Waals surface area contributed by atoms with Crippen LogP contribution in [0.25, 0.3) is 0 Å². The number of carbonyl (C=O) groups excluding carboxylic acids is 2. The first-order valence-electron chi connectivity index (χ1n) is 7.65. The van der Waals surface area contributed by atoms with Crippen LogP contribution in [0.1, 0.15) is 16.3 Å². The Morgan fingerprint density at radius 1 is 1.08 bits per heavy atom. The lowest BCUT2D eigenvalue weighted by atomic mass is 10.3. The van der Waals surface area contributed by atoms with Crippen molar-refractivity contribution in [2.24, 2.45) is 5.10 Å². The largest absolute Gasteiger partial charge is 0.459 e. The van der Waals surface area contributed by atoms with Gasteiger partial charge in [0, 0.05) is 5.69 Å². The molecule has 3 aromatic rings. The maximum absolute atomic E-state index is 11.9. The van der Waals surface area contributed by atoms with E-state index in [0.717, 1.165) is 5.69 Å². The van der Waals surface area contributed by atoms with Crippen molar-refractivity contribution in [3.63, 3.8) is 0 Å². The summed E-state index contributed by atoms with van der Waals surface area (Å²) in [5, 5.41) is 7.17. The molecule has 0 saturated carbocycles. The molecule has 3 rings (SSSR count). The molecule has 132 valence electrons. The third kappa shape index (κ3) is 5.12. The van der Waals surface area contributed by atoms with Crippen LogP contribution >= 0.6 is 11.8 Å². The van der Waals surface area contributed by atoms with Gasteiger partial charge >= 0.3 is 5.91 Å². The van der Waals surface area contributed by atoms with E-state index in [1.54, 1.807) is 18.2 Å². The minimum absolute atomic E-state index is 0.126. The van der Waals surface area contributed by atoms with Gasteiger partial charge in [-0.2, -0.15) is 5.10 Å². The van der Waals surface area contributed by atoms with Crippen LogP contribution in [-0.4, -0.2) is 23.8 Å². The number of amides is 2. The van der Waals surface area contributed by atoms with Crippen molar-refractivity contribution in [1.29, 1.82) is 0 Å². The maximum atomic E-state index is 11.9. The van der Waals surface area contributed by atoms with E-state index >= 15 is 0 Å². The summed E-state index contributed by atoms with van der Waals surface area (Å²) >= 11 is 1.26. The molecule has 0 unspecified atom stereocenters. The summed E-state index contributed by atoms with van der Waals surface area (Å²) in [5.74, 6) is 0.260. The minimum atomic E-state index is -0.454. The number of furan rings is 2. The molecule has 2 N–H and O–H groups in total. The molecule has 0 fully saturated rings. The monoisotopic (exact) mass is 369 g/mol. The molecular weight excluding hydrogens is 354 g/mol. The third-order valence-electron chi connectivity index (χ3n) is 3.11. The first-order valence-corrected chi connectivity index (χ1v) is 8.64. The number of rotatable bonds is 7. The molecule has 8 heteroatoms. The van der Waals surface area contributed by atoms with Crippen LogP contribution in [0.4, 0.5) is 5.69 Å². The summed E-state index contributed by atoms with van der Waals surface area (Å²) in [7, 11) is 0. The van der Waals surface area contributed by atoms with E-state index in [9.17, 15) is 9.59 Å². The van der Waals surface area contributed by atoms with E-state index < -0.39 is 5.91 Å². The number of para-hydroxylation sites is 1. The summed E-state index contributed by atoms with van der Waals surface area (Å²) < 4.78 is 10.5. The minimum Gasteiger partial charge on any atom is -0.459 e. The Kier molecular flexibility index (Phi) is 5.89. The molecule has 1 aromatic carbocycles. The van der Waals surface area contributed by atoms with Gasteiger partial charge in [-0.25, -0.2) is 5.43 Å². The Bertz CT molecular complexity index is 888. The highest BCUT2D eigenvalue weighted by Crippen LogP contribution is 2.20. The molecule has 0 radical (unpaired) electrons. The second-order valence-corrected chi connectivity index (χ2v) is 6.02. The van der Waals surface area contributed by atoms with E-state index in [1.807, 2.05) is 30.3 Å². The summed E-state index contributed by atoms with van der Waals surface area (Å²) in [6, 6.07) is 15.8. The fourth-order valence-electron chi connectivity index (χ4n) is 1.95. The zero-order valence-electron chi connectivity index (χ0n) is 13.5. The van der Waals surface area contributed by atoms with Crippen molar-refractivity contribution < 1.29 is 18.4 Å². The number of anilines is 1. The van der Waals surface area contributed by atoms with Gasteiger partial charge in [-0.3, -0.25) is 9.59 Å². The third-order valence-corrected chi connectivity index (χ3v) is 4.02. The molecule has 0 aliphatic carbocycles. The number of thioether (sulfide) groups is 1. The lowest BCUT2D eigenvalue weighted by Gasteiger charge is -2.03. The van der Waals surface area contributed by atoms with Gasteiger partial charge in [0.15, 0.2) is 10.9 Å². The second kappa shape index (κ2) is 8.72. The Morgan fingerprint density at radius 3 is 2.69 bits per heavy atom. The van der Waals surface area contributed by atoms with Crippen LogP contribution in [0.3, 0.4) is 0 Å².